The van der Waals surface area contributed by atoms with Gasteiger partial charge in [0.1, 0.15) is 6.10 Å². The van der Waals surface area contributed by atoms with Gasteiger partial charge >= 0.3 is 5.97 Å². The van der Waals surface area contributed by atoms with Gasteiger partial charge < -0.3 is 4.74 Å². The first kappa shape index (κ1) is 20.1. The maximum Gasteiger partial charge on any atom is 0.338 e. The second kappa shape index (κ2) is 7.39. The summed E-state index contributed by atoms with van der Waals surface area (Å²) in [5.41, 5.74) is 4.84. The van der Waals surface area contributed by atoms with Gasteiger partial charge in [0.15, 0.2) is 0 Å². The van der Waals surface area contributed by atoms with Gasteiger partial charge in [0.25, 0.3) is 0 Å². The summed E-state index contributed by atoms with van der Waals surface area (Å²) in [5.74, 6) is 2.09. The Kier molecular flexibility index (Phi) is 4.95. The molecule has 4 aliphatic carbocycles. The summed E-state index contributed by atoms with van der Waals surface area (Å²) in [7, 11) is 0. The first-order valence-electron chi connectivity index (χ1n) is 12.1. The smallest absolute Gasteiger partial charge is 0.338 e. The molecule has 30 heavy (non-hydrogen) atoms. The Morgan fingerprint density at radius 2 is 1.87 bits per heavy atom. The lowest BCUT2D eigenvalue weighted by molar-refractivity contribution is -0.0259. The molecular formula is C28H36O2. The Bertz CT molecular complexity index is 881. The van der Waals surface area contributed by atoms with Gasteiger partial charge in [0.2, 0.25) is 0 Å². The Morgan fingerprint density at radius 1 is 1.07 bits per heavy atom. The molecule has 0 aliphatic heterocycles. The number of hydrogen-bond acceptors (Lipinski definition) is 2. The van der Waals surface area contributed by atoms with Crippen LogP contribution in [-0.4, -0.2) is 12.1 Å². The van der Waals surface area contributed by atoms with Gasteiger partial charge in [0, 0.05) is 0 Å². The largest absolute Gasteiger partial charge is 0.459 e. The van der Waals surface area contributed by atoms with Crippen LogP contribution in [-0.2, 0) is 4.74 Å². The predicted molar refractivity (Wildman–Crippen MR) is 121 cm³/mol. The highest BCUT2D eigenvalue weighted by atomic mass is 16.5. The van der Waals surface area contributed by atoms with Gasteiger partial charge in [0.05, 0.1) is 5.56 Å². The predicted octanol–water partition coefficient (Wildman–Crippen LogP) is 7.12. The third kappa shape index (κ3) is 3.01. The lowest BCUT2D eigenvalue weighted by Gasteiger charge is -2.56. The molecule has 2 nitrogen and oxygen atoms in total. The number of hydrogen-bond donors (Lipinski definition) is 0. The Labute approximate surface area is 181 Å². The van der Waals surface area contributed by atoms with Crippen LogP contribution in [0.4, 0.5) is 0 Å². The van der Waals surface area contributed by atoms with E-state index in [1.165, 1.54) is 32.1 Å². The van der Waals surface area contributed by atoms with Crippen molar-refractivity contribution >= 4 is 5.97 Å². The molecule has 1 aromatic carbocycles. The minimum absolute atomic E-state index is 0.0721. The number of esters is 1. The summed E-state index contributed by atoms with van der Waals surface area (Å²) in [6.07, 6.45) is 14.8. The molecular weight excluding hydrogens is 368 g/mol. The normalized spacial score (nSPS) is 41.4. The number of allylic oxidation sites excluding steroid dienone is 4. The van der Waals surface area contributed by atoms with E-state index < -0.39 is 0 Å². The van der Waals surface area contributed by atoms with Gasteiger partial charge in [-0.1, -0.05) is 55.3 Å². The van der Waals surface area contributed by atoms with Crippen LogP contribution in [0.3, 0.4) is 0 Å². The summed E-state index contributed by atoms with van der Waals surface area (Å²) >= 11 is 0. The van der Waals surface area contributed by atoms with Crippen LogP contribution in [0.1, 0.15) is 82.5 Å². The highest BCUT2D eigenvalue weighted by molar-refractivity contribution is 5.89. The first-order valence-corrected chi connectivity index (χ1v) is 12.1. The van der Waals surface area contributed by atoms with E-state index in [0.717, 1.165) is 31.1 Å². The molecule has 0 N–H and O–H groups in total. The minimum Gasteiger partial charge on any atom is -0.459 e. The van der Waals surface area contributed by atoms with Crippen molar-refractivity contribution in [3.8, 4) is 0 Å². The molecule has 4 aliphatic rings. The van der Waals surface area contributed by atoms with Crippen LogP contribution >= 0.6 is 0 Å². The molecule has 6 atom stereocenters. The fraction of sp³-hybridized carbons (Fsp3) is 0.607. The maximum atomic E-state index is 12.6. The number of fused-ring (bicyclic) bond motifs is 5. The van der Waals surface area contributed by atoms with Crippen LogP contribution in [0, 0.1) is 28.6 Å². The second-order valence-corrected chi connectivity index (χ2v) is 10.7. The number of carbonyl (C=O) groups is 1. The molecule has 0 saturated heterocycles. The molecule has 5 rings (SSSR count). The average molecular weight is 405 g/mol. The van der Waals surface area contributed by atoms with Gasteiger partial charge in [-0.3, -0.25) is 0 Å². The van der Waals surface area contributed by atoms with Crippen LogP contribution < -0.4 is 0 Å². The molecule has 3 saturated carbocycles. The fourth-order valence-corrected chi connectivity index (χ4v) is 7.72. The highest BCUT2D eigenvalue weighted by Crippen LogP contribution is 2.65. The first-order chi connectivity index (χ1) is 14.5. The fourth-order valence-electron chi connectivity index (χ4n) is 7.72. The quantitative estimate of drug-likeness (QED) is 0.387. The third-order valence-electron chi connectivity index (χ3n) is 9.46. The van der Waals surface area contributed by atoms with Gasteiger partial charge in [-0.2, -0.15) is 0 Å². The zero-order valence-corrected chi connectivity index (χ0v) is 18.8. The Morgan fingerprint density at radius 3 is 2.63 bits per heavy atom. The molecule has 0 aromatic heterocycles. The highest BCUT2D eigenvalue weighted by Gasteiger charge is 2.55. The van der Waals surface area contributed by atoms with E-state index in [0.29, 0.717) is 22.3 Å². The molecule has 1 unspecified atom stereocenters. The van der Waals surface area contributed by atoms with E-state index in [-0.39, 0.29) is 12.1 Å². The van der Waals surface area contributed by atoms with Crippen molar-refractivity contribution in [3.63, 3.8) is 0 Å². The summed E-state index contributed by atoms with van der Waals surface area (Å²) in [6.45, 7) is 7.29. The summed E-state index contributed by atoms with van der Waals surface area (Å²) in [5, 5.41) is 0. The average Bonchev–Trinajstić information content (AvgIpc) is 3.11. The zero-order chi connectivity index (χ0) is 20.9. The summed E-state index contributed by atoms with van der Waals surface area (Å²) in [4.78, 5) is 12.6. The molecule has 0 spiro atoms. The van der Waals surface area contributed by atoms with Crippen molar-refractivity contribution < 1.29 is 9.53 Å². The van der Waals surface area contributed by atoms with Crippen molar-refractivity contribution in [2.75, 3.05) is 0 Å². The number of benzene rings is 1. The third-order valence-corrected chi connectivity index (χ3v) is 9.46. The SMILES string of the molecule is C/C=C1/CC[C@H]2[C@@H]3CC[C@H]4CC(OC(=O)c5ccccc5)CC[C@]4(C)C3=CC[C@]12C. The molecule has 0 heterocycles. The van der Waals surface area contributed by atoms with Crippen molar-refractivity contribution in [1.82, 2.24) is 0 Å². The van der Waals surface area contributed by atoms with Gasteiger partial charge in [-0.05, 0) is 99.0 Å². The van der Waals surface area contributed by atoms with E-state index in [1.54, 1.807) is 11.1 Å². The van der Waals surface area contributed by atoms with Crippen LogP contribution in [0.2, 0.25) is 0 Å². The molecule has 160 valence electrons. The standard InChI is InChI=1S/C28H36O2/c1-4-20-11-13-24-23-12-10-21-18-22(30-26(29)19-8-6-5-7-9-19)14-16-28(21,3)25(23)15-17-27(20,24)2/h4-9,15,21-24H,10-14,16-18H2,1-3H3/b20-4-/t21-,22?,23-,24-,27+,28-/m0/s1. The van der Waals surface area contributed by atoms with Crippen molar-refractivity contribution in [2.45, 2.75) is 78.2 Å². The van der Waals surface area contributed by atoms with Crippen molar-refractivity contribution in [3.05, 3.63) is 59.2 Å². The molecule has 2 heteroatoms. The van der Waals surface area contributed by atoms with E-state index in [4.69, 9.17) is 4.74 Å². The van der Waals surface area contributed by atoms with Crippen molar-refractivity contribution in [2.24, 2.45) is 28.6 Å². The number of ether oxygens (including phenoxy) is 1. The monoisotopic (exact) mass is 404 g/mol. The summed E-state index contributed by atoms with van der Waals surface area (Å²) in [6, 6.07) is 9.45. The topological polar surface area (TPSA) is 26.3 Å². The molecule has 0 amide bonds. The number of carbonyl (C=O) groups excluding carboxylic acids is 1. The Hall–Kier alpha value is -1.83. The van der Waals surface area contributed by atoms with Crippen LogP contribution in [0.5, 0.6) is 0 Å². The lowest BCUT2D eigenvalue weighted by Crippen LogP contribution is -2.48. The molecule has 1 aromatic rings. The second-order valence-electron chi connectivity index (χ2n) is 10.7. The van der Waals surface area contributed by atoms with Crippen molar-refractivity contribution in [1.29, 1.82) is 0 Å². The van der Waals surface area contributed by atoms with Gasteiger partial charge in [-0.25, -0.2) is 4.79 Å². The summed E-state index contributed by atoms with van der Waals surface area (Å²) < 4.78 is 5.96. The van der Waals surface area contributed by atoms with E-state index >= 15 is 0 Å². The van der Waals surface area contributed by atoms with Crippen LogP contribution in [0.25, 0.3) is 0 Å². The molecule has 0 radical (unpaired) electrons. The molecule has 3 fully saturated rings. The van der Waals surface area contributed by atoms with E-state index in [9.17, 15) is 4.79 Å². The maximum absolute atomic E-state index is 12.6. The molecule has 0 bridgehead atoms. The number of rotatable bonds is 2. The lowest BCUT2D eigenvalue weighted by atomic mass is 9.49. The Balaban J connectivity index is 1.33. The van der Waals surface area contributed by atoms with Crippen LogP contribution in [0.15, 0.2) is 53.6 Å². The van der Waals surface area contributed by atoms with E-state index in [1.807, 2.05) is 30.3 Å². The zero-order valence-electron chi connectivity index (χ0n) is 18.8. The van der Waals surface area contributed by atoms with E-state index in [2.05, 4.69) is 32.9 Å². The van der Waals surface area contributed by atoms with Gasteiger partial charge in [-0.15, -0.1) is 0 Å². The minimum atomic E-state index is -0.157.